The molecule has 1 aromatic rings. The second-order valence-corrected chi connectivity index (χ2v) is 4.08. The summed E-state index contributed by atoms with van der Waals surface area (Å²) in [5.41, 5.74) is 1.85. The summed E-state index contributed by atoms with van der Waals surface area (Å²) < 4.78 is 0. The van der Waals surface area contributed by atoms with Crippen molar-refractivity contribution in [2.24, 2.45) is 0 Å². The van der Waals surface area contributed by atoms with Crippen molar-refractivity contribution < 1.29 is 4.79 Å². The van der Waals surface area contributed by atoms with Crippen molar-refractivity contribution in [1.82, 2.24) is 4.90 Å². The standard InChI is InChI=1S/C16H19NO/c1-4-11-17(12-5-2)13-10-16(18)15-8-6-14(3)7-9-15/h4-10,13H,1-2,11-12H2,3H3. The molecule has 0 radical (unpaired) electrons. The summed E-state index contributed by atoms with van der Waals surface area (Å²) in [7, 11) is 0. The van der Waals surface area contributed by atoms with Crippen molar-refractivity contribution in [2.45, 2.75) is 6.92 Å². The fraction of sp³-hybridized carbons (Fsp3) is 0.188. The Kier molecular flexibility index (Phi) is 5.65. The zero-order valence-corrected chi connectivity index (χ0v) is 10.8. The molecule has 1 aromatic carbocycles. The van der Waals surface area contributed by atoms with Gasteiger partial charge in [0.15, 0.2) is 5.78 Å². The Balaban J connectivity index is 2.69. The lowest BCUT2D eigenvalue weighted by Crippen LogP contribution is -2.17. The van der Waals surface area contributed by atoms with Crippen LogP contribution in [-0.2, 0) is 0 Å². The maximum atomic E-state index is 11.9. The van der Waals surface area contributed by atoms with Crippen molar-refractivity contribution in [1.29, 1.82) is 0 Å². The summed E-state index contributed by atoms with van der Waals surface area (Å²) in [6.45, 7) is 10.8. The van der Waals surface area contributed by atoms with E-state index in [0.717, 1.165) is 5.56 Å². The van der Waals surface area contributed by atoms with Gasteiger partial charge in [-0.1, -0.05) is 42.0 Å². The predicted octanol–water partition coefficient (Wildman–Crippen LogP) is 3.37. The van der Waals surface area contributed by atoms with E-state index in [2.05, 4.69) is 13.2 Å². The molecule has 0 aliphatic heterocycles. The van der Waals surface area contributed by atoms with E-state index in [0.29, 0.717) is 18.7 Å². The second kappa shape index (κ2) is 7.28. The van der Waals surface area contributed by atoms with Crippen LogP contribution in [0.4, 0.5) is 0 Å². The molecule has 0 aliphatic carbocycles. The predicted molar refractivity (Wildman–Crippen MR) is 76.6 cm³/mol. The second-order valence-electron chi connectivity index (χ2n) is 4.08. The van der Waals surface area contributed by atoms with Gasteiger partial charge in [-0.05, 0) is 6.92 Å². The number of benzene rings is 1. The highest BCUT2D eigenvalue weighted by Gasteiger charge is 2.01. The van der Waals surface area contributed by atoms with E-state index >= 15 is 0 Å². The van der Waals surface area contributed by atoms with Gasteiger partial charge in [0.2, 0.25) is 0 Å². The molecule has 0 amide bonds. The van der Waals surface area contributed by atoms with Crippen LogP contribution in [-0.4, -0.2) is 23.8 Å². The highest BCUT2D eigenvalue weighted by atomic mass is 16.1. The average Bonchev–Trinajstić information content (AvgIpc) is 2.37. The molecule has 0 bridgehead atoms. The van der Waals surface area contributed by atoms with Crippen molar-refractivity contribution in [3.63, 3.8) is 0 Å². The normalized spacial score (nSPS) is 10.3. The molecule has 2 heteroatoms. The van der Waals surface area contributed by atoms with Gasteiger partial charge in [0, 0.05) is 30.9 Å². The zero-order valence-electron chi connectivity index (χ0n) is 10.8. The quantitative estimate of drug-likeness (QED) is 0.414. The molecule has 94 valence electrons. The van der Waals surface area contributed by atoms with Gasteiger partial charge in [-0.2, -0.15) is 0 Å². The molecule has 0 atom stereocenters. The number of carbonyl (C=O) groups excluding carboxylic acids is 1. The number of hydrogen-bond donors (Lipinski definition) is 0. The maximum Gasteiger partial charge on any atom is 0.187 e. The van der Waals surface area contributed by atoms with Gasteiger partial charge in [0.25, 0.3) is 0 Å². The molecule has 0 fully saturated rings. The van der Waals surface area contributed by atoms with Gasteiger partial charge in [0.1, 0.15) is 0 Å². The molecule has 2 nitrogen and oxygen atoms in total. The van der Waals surface area contributed by atoms with E-state index in [9.17, 15) is 4.79 Å². The van der Waals surface area contributed by atoms with Crippen molar-refractivity contribution >= 4 is 5.78 Å². The number of ketones is 1. The fourth-order valence-corrected chi connectivity index (χ4v) is 1.52. The maximum absolute atomic E-state index is 11.9. The Labute approximate surface area is 109 Å². The third kappa shape index (κ3) is 4.42. The van der Waals surface area contributed by atoms with Crippen molar-refractivity contribution in [2.75, 3.05) is 13.1 Å². The number of aryl methyl sites for hydroxylation is 1. The van der Waals surface area contributed by atoms with Crippen LogP contribution in [0.5, 0.6) is 0 Å². The molecule has 0 saturated carbocycles. The van der Waals surface area contributed by atoms with Crippen LogP contribution < -0.4 is 0 Å². The van der Waals surface area contributed by atoms with Gasteiger partial charge >= 0.3 is 0 Å². The molecule has 0 N–H and O–H groups in total. The monoisotopic (exact) mass is 241 g/mol. The molecule has 0 spiro atoms. The van der Waals surface area contributed by atoms with Gasteiger partial charge in [-0.25, -0.2) is 0 Å². The molecular formula is C16H19NO. The van der Waals surface area contributed by atoms with E-state index in [1.54, 1.807) is 24.4 Å². The lowest BCUT2D eigenvalue weighted by atomic mass is 10.1. The summed E-state index contributed by atoms with van der Waals surface area (Å²) in [4.78, 5) is 13.9. The molecule has 18 heavy (non-hydrogen) atoms. The Hall–Kier alpha value is -2.09. The van der Waals surface area contributed by atoms with Gasteiger partial charge in [-0.3, -0.25) is 4.79 Å². The minimum Gasteiger partial charge on any atom is -0.370 e. The molecule has 1 rings (SSSR count). The first kappa shape index (κ1) is 14.0. The largest absolute Gasteiger partial charge is 0.370 e. The molecular weight excluding hydrogens is 222 g/mol. The Morgan fingerprint density at radius 3 is 2.22 bits per heavy atom. The highest BCUT2D eigenvalue weighted by Crippen LogP contribution is 2.05. The highest BCUT2D eigenvalue weighted by molar-refractivity contribution is 6.04. The van der Waals surface area contributed by atoms with E-state index in [4.69, 9.17) is 0 Å². The topological polar surface area (TPSA) is 20.3 Å². The summed E-state index contributed by atoms with van der Waals surface area (Å²) in [5.74, 6) is 0.00752. The third-order valence-corrected chi connectivity index (χ3v) is 2.50. The minimum atomic E-state index is 0.00752. The van der Waals surface area contributed by atoms with Crippen LogP contribution in [0, 0.1) is 6.92 Å². The summed E-state index contributed by atoms with van der Waals surface area (Å²) in [5, 5.41) is 0. The molecule has 0 aromatic heterocycles. The Bertz CT molecular complexity index is 433. The smallest absolute Gasteiger partial charge is 0.187 e. The first-order chi connectivity index (χ1) is 8.67. The zero-order chi connectivity index (χ0) is 13.4. The van der Waals surface area contributed by atoms with Crippen LogP contribution in [0.25, 0.3) is 0 Å². The third-order valence-electron chi connectivity index (χ3n) is 2.50. The van der Waals surface area contributed by atoms with Gasteiger partial charge in [0.05, 0.1) is 0 Å². The van der Waals surface area contributed by atoms with Crippen LogP contribution in [0.15, 0.2) is 61.9 Å². The van der Waals surface area contributed by atoms with Gasteiger partial charge < -0.3 is 4.90 Å². The van der Waals surface area contributed by atoms with E-state index in [-0.39, 0.29) is 5.78 Å². The lowest BCUT2D eigenvalue weighted by Gasteiger charge is -2.15. The van der Waals surface area contributed by atoms with Crippen LogP contribution in [0.1, 0.15) is 15.9 Å². The minimum absolute atomic E-state index is 0.00752. The molecule has 0 saturated heterocycles. The number of carbonyl (C=O) groups is 1. The summed E-state index contributed by atoms with van der Waals surface area (Å²) in [6, 6.07) is 7.55. The summed E-state index contributed by atoms with van der Waals surface area (Å²) in [6.07, 6.45) is 6.96. The Morgan fingerprint density at radius 1 is 1.17 bits per heavy atom. The van der Waals surface area contributed by atoms with E-state index in [1.807, 2.05) is 36.1 Å². The molecule has 0 aliphatic rings. The van der Waals surface area contributed by atoms with Crippen LogP contribution in [0.3, 0.4) is 0 Å². The van der Waals surface area contributed by atoms with Gasteiger partial charge in [-0.15, -0.1) is 13.2 Å². The number of rotatable bonds is 7. The molecule has 0 unspecified atom stereocenters. The Morgan fingerprint density at radius 2 is 1.72 bits per heavy atom. The van der Waals surface area contributed by atoms with E-state index < -0.39 is 0 Å². The average molecular weight is 241 g/mol. The SMILES string of the molecule is C=CCN(C=CC(=O)c1ccc(C)cc1)CC=C. The number of hydrogen-bond acceptors (Lipinski definition) is 2. The number of nitrogens with zero attached hydrogens (tertiary/aromatic N) is 1. The molecule has 0 heterocycles. The first-order valence-electron chi connectivity index (χ1n) is 5.92. The fourth-order valence-electron chi connectivity index (χ4n) is 1.52. The lowest BCUT2D eigenvalue weighted by molar-refractivity contribution is 0.104. The summed E-state index contributed by atoms with van der Waals surface area (Å²) >= 11 is 0. The van der Waals surface area contributed by atoms with Crippen LogP contribution >= 0.6 is 0 Å². The van der Waals surface area contributed by atoms with Crippen LogP contribution in [0.2, 0.25) is 0 Å². The first-order valence-corrected chi connectivity index (χ1v) is 5.92. The van der Waals surface area contributed by atoms with E-state index in [1.165, 1.54) is 0 Å². The number of allylic oxidation sites excluding steroid dienone is 1. The van der Waals surface area contributed by atoms with Crippen molar-refractivity contribution in [3.8, 4) is 0 Å². The van der Waals surface area contributed by atoms with Crippen molar-refractivity contribution in [3.05, 3.63) is 73.0 Å².